The van der Waals surface area contributed by atoms with E-state index in [0.29, 0.717) is 5.92 Å². The maximum atomic E-state index is 3.64. The molecular formula is C20H28ClN. The summed E-state index contributed by atoms with van der Waals surface area (Å²) in [6.45, 7) is 4.39. The van der Waals surface area contributed by atoms with Gasteiger partial charge in [0.2, 0.25) is 0 Å². The van der Waals surface area contributed by atoms with Crippen LogP contribution in [-0.2, 0) is 0 Å². The molecule has 2 rings (SSSR count). The van der Waals surface area contributed by atoms with Crippen molar-refractivity contribution in [2.45, 2.75) is 38.5 Å². The number of hydrogen-bond acceptors (Lipinski definition) is 1. The lowest BCUT2D eigenvalue weighted by atomic mass is 9.91. The molecule has 0 fully saturated rings. The zero-order valence-corrected chi connectivity index (χ0v) is 14.3. The first-order valence-corrected chi connectivity index (χ1v) is 8.22. The van der Waals surface area contributed by atoms with Crippen molar-refractivity contribution >= 4 is 12.4 Å². The first-order chi connectivity index (χ1) is 10.4. The van der Waals surface area contributed by atoms with E-state index in [4.69, 9.17) is 0 Å². The minimum atomic E-state index is 0. The van der Waals surface area contributed by atoms with Crippen LogP contribution in [0.15, 0.2) is 60.7 Å². The van der Waals surface area contributed by atoms with Gasteiger partial charge < -0.3 is 5.32 Å². The van der Waals surface area contributed by atoms with Crippen LogP contribution in [0.5, 0.6) is 0 Å². The number of nitrogens with one attached hydrogen (secondary N) is 1. The third-order valence-corrected chi connectivity index (χ3v) is 3.96. The number of rotatable bonds is 9. The van der Waals surface area contributed by atoms with Crippen molar-refractivity contribution in [3.8, 4) is 0 Å². The van der Waals surface area contributed by atoms with Crippen LogP contribution in [-0.4, -0.2) is 13.1 Å². The SMILES string of the molecule is CCCCCCNCC(c1ccccc1)c1ccccc1.Cl. The Morgan fingerprint density at radius 1 is 0.773 bits per heavy atom. The van der Waals surface area contributed by atoms with Crippen molar-refractivity contribution < 1.29 is 0 Å². The summed E-state index contributed by atoms with van der Waals surface area (Å²) in [6, 6.07) is 21.6. The smallest absolute Gasteiger partial charge is 0.0214 e. The largest absolute Gasteiger partial charge is 0.316 e. The van der Waals surface area contributed by atoms with Crippen LogP contribution in [0, 0.1) is 0 Å². The third kappa shape index (κ3) is 6.21. The van der Waals surface area contributed by atoms with Crippen molar-refractivity contribution in [1.29, 1.82) is 0 Å². The lowest BCUT2D eigenvalue weighted by Crippen LogP contribution is -2.23. The van der Waals surface area contributed by atoms with Crippen molar-refractivity contribution in [3.63, 3.8) is 0 Å². The van der Waals surface area contributed by atoms with Crippen LogP contribution in [0.2, 0.25) is 0 Å². The van der Waals surface area contributed by atoms with Crippen LogP contribution in [0.3, 0.4) is 0 Å². The first kappa shape index (κ1) is 18.7. The van der Waals surface area contributed by atoms with Gasteiger partial charge in [0, 0.05) is 12.5 Å². The van der Waals surface area contributed by atoms with Crippen LogP contribution in [0.4, 0.5) is 0 Å². The van der Waals surface area contributed by atoms with Gasteiger partial charge in [0.15, 0.2) is 0 Å². The Morgan fingerprint density at radius 3 is 1.82 bits per heavy atom. The molecule has 0 aliphatic rings. The maximum Gasteiger partial charge on any atom is 0.0214 e. The van der Waals surface area contributed by atoms with Gasteiger partial charge in [0.05, 0.1) is 0 Å². The molecule has 0 heterocycles. The van der Waals surface area contributed by atoms with Crippen LogP contribution in [0.1, 0.15) is 49.7 Å². The number of halogens is 1. The predicted molar refractivity (Wildman–Crippen MR) is 99.0 cm³/mol. The van der Waals surface area contributed by atoms with Crippen LogP contribution >= 0.6 is 12.4 Å². The van der Waals surface area contributed by atoms with Gasteiger partial charge in [-0.3, -0.25) is 0 Å². The molecule has 2 heteroatoms. The van der Waals surface area contributed by atoms with Gasteiger partial charge in [-0.25, -0.2) is 0 Å². The van der Waals surface area contributed by atoms with Crippen LogP contribution < -0.4 is 5.32 Å². The molecular weight excluding hydrogens is 290 g/mol. The first-order valence-electron chi connectivity index (χ1n) is 8.22. The Kier molecular flexibility index (Phi) is 9.61. The molecule has 120 valence electrons. The van der Waals surface area contributed by atoms with Crippen LogP contribution in [0.25, 0.3) is 0 Å². The Labute approximate surface area is 141 Å². The molecule has 0 radical (unpaired) electrons. The minimum absolute atomic E-state index is 0. The van der Waals surface area contributed by atoms with E-state index in [-0.39, 0.29) is 12.4 Å². The van der Waals surface area contributed by atoms with Crippen molar-refractivity contribution in [2.75, 3.05) is 13.1 Å². The topological polar surface area (TPSA) is 12.0 Å². The van der Waals surface area contributed by atoms with E-state index in [1.165, 1.54) is 36.8 Å². The third-order valence-electron chi connectivity index (χ3n) is 3.96. The Bertz CT molecular complexity index is 444. The molecule has 0 atom stereocenters. The van der Waals surface area contributed by atoms with Gasteiger partial charge in [0.25, 0.3) is 0 Å². The van der Waals surface area contributed by atoms with Crippen molar-refractivity contribution in [1.82, 2.24) is 5.32 Å². The van der Waals surface area contributed by atoms with Gasteiger partial charge in [0.1, 0.15) is 0 Å². The molecule has 0 aliphatic carbocycles. The fraction of sp³-hybridized carbons (Fsp3) is 0.400. The Balaban J connectivity index is 0.00000242. The van der Waals surface area contributed by atoms with E-state index >= 15 is 0 Å². The predicted octanol–water partition coefficient (Wildman–Crippen LogP) is 5.41. The fourth-order valence-electron chi connectivity index (χ4n) is 2.72. The average Bonchev–Trinajstić information content (AvgIpc) is 2.56. The summed E-state index contributed by atoms with van der Waals surface area (Å²) in [5.41, 5.74) is 2.79. The standard InChI is InChI=1S/C20H27N.ClH/c1-2-3-4-11-16-21-17-20(18-12-7-5-8-13-18)19-14-9-6-10-15-19;/h5-10,12-15,20-21H,2-4,11,16-17H2,1H3;1H. The maximum absolute atomic E-state index is 3.64. The molecule has 0 unspecified atom stereocenters. The highest BCUT2D eigenvalue weighted by molar-refractivity contribution is 5.85. The summed E-state index contributed by atoms with van der Waals surface area (Å²) in [4.78, 5) is 0. The second kappa shape index (κ2) is 11.3. The van der Waals surface area contributed by atoms with E-state index in [1.54, 1.807) is 0 Å². The molecule has 0 amide bonds. The number of benzene rings is 2. The van der Waals surface area contributed by atoms with Gasteiger partial charge in [-0.1, -0.05) is 86.8 Å². The molecule has 0 aromatic heterocycles. The minimum Gasteiger partial charge on any atom is -0.316 e. The van der Waals surface area contributed by atoms with E-state index in [1.807, 2.05) is 0 Å². The molecule has 0 saturated carbocycles. The number of unbranched alkanes of at least 4 members (excludes halogenated alkanes) is 3. The Hall–Kier alpha value is -1.31. The monoisotopic (exact) mass is 317 g/mol. The summed E-state index contributed by atoms with van der Waals surface area (Å²) < 4.78 is 0. The zero-order valence-electron chi connectivity index (χ0n) is 13.5. The highest BCUT2D eigenvalue weighted by Gasteiger charge is 2.12. The quantitative estimate of drug-likeness (QED) is 0.610. The summed E-state index contributed by atoms with van der Waals surface area (Å²) in [7, 11) is 0. The second-order valence-electron chi connectivity index (χ2n) is 5.64. The molecule has 2 aromatic carbocycles. The summed E-state index contributed by atoms with van der Waals surface area (Å²) in [5, 5.41) is 3.64. The molecule has 2 aromatic rings. The van der Waals surface area contributed by atoms with E-state index in [2.05, 4.69) is 72.9 Å². The summed E-state index contributed by atoms with van der Waals surface area (Å²) in [5.74, 6) is 0.443. The Morgan fingerprint density at radius 2 is 1.32 bits per heavy atom. The van der Waals surface area contributed by atoms with Crippen molar-refractivity contribution in [2.24, 2.45) is 0 Å². The van der Waals surface area contributed by atoms with E-state index < -0.39 is 0 Å². The molecule has 0 spiro atoms. The summed E-state index contributed by atoms with van der Waals surface area (Å²) in [6.07, 6.45) is 5.27. The molecule has 0 aliphatic heterocycles. The average molecular weight is 318 g/mol. The van der Waals surface area contributed by atoms with Crippen molar-refractivity contribution in [3.05, 3.63) is 71.8 Å². The highest BCUT2D eigenvalue weighted by atomic mass is 35.5. The molecule has 0 saturated heterocycles. The van der Waals surface area contributed by atoms with Gasteiger partial charge in [-0.2, -0.15) is 0 Å². The summed E-state index contributed by atoms with van der Waals surface area (Å²) >= 11 is 0. The zero-order chi connectivity index (χ0) is 14.8. The van der Waals surface area contributed by atoms with E-state index in [9.17, 15) is 0 Å². The number of hydrogen-bond donors (Lipinski definition) is 1. The highest BCUT2D eigenvalue weighted by Crippen LogP contribution is 2.23. The lowest BCUT2D eigenvalue weighted by Gasteiger charge is -2.19. The second-order valence-corrected chi connectivity index (χ2v) is 5.64. The normalized spacial score (nSPS) is 10.5. The van der Waals surface area contributed by atoms with Gasteiger partial charge in [-0.05, 0) is 24.1 Å². The molecule has 22 heavy (non-hydrogen) atoms. The lowest BCUT2D eigenvalue weighted by molar-refractivity contribution is 0.578. The molecule has 1 nitrogen and oxygen atoms in total. The molecule has 1 N–H and O–H groups in total. The van der Waals surface area contributed by atoms with Gasteiger partial charge in [-0.15, -0.1) is 12.4 Å². The van der Waals surface area contributed by atoms with Gasteiger partial charge >= 0.3 is 0 Å². The molecule has 0 bridgehead atoms. The van der Waals surface area contributed by atoms with E-state index in [0.717, 1.165) is 13.1 Å². The fourth-order valence-corrected chi connectivity index (χ4v) is 2.72.